The van der Waals surface area contributed by atoms with E-state index >= 15 is 0 Å². The van der Waals surface area contributed by atoms with Gasteiger partial charge >= 0.3 is 0 Å². The van der Waals surface area contributed by atoms with Crippen LogP contribution in [0.25, 0.3) is 0 Å². The number of piperazine rings is 1. The number of aryl methyl sites for hydroxylation is 3. The van der Waals surface area contributed by atoms with Crippen LogP contribution in [0, 0.1) is 13.8 Å². The zero-order valence-electron chi connectivity index (χ0n) is 21.0. The van der Waals surface area contributed by atoms with E-state index < -0.39 is 0 Å². The Labute approximate surface area is 207 Å². The van der Waals surface area contributed by atoms with Crippen molar-refractivity contribution in [2.24, 2.45) is 0 Å². The van der Waals surface area contributed by atoms with E-state index in [4.69, 9.17) is 4.42 Å². The average Bonchev–Trinajstić information content (AvgIpc) is 3.29. The molecule has 1 atom stereocenters. The van der Waals surface area contributed by atoms with E-state index in [9.17, 15) is 9.59 Å². The number of carbonyl (C=O) groups excluding carboxylic acids is 1. The molecule has 1 aromatic carbocycles. The van der Waals surface area contributed by atoms with Gasteiger partial charge in [0.05, 0.1) is 6.54 Å². The first-order valence-electron chi connectivity index (χ1n) is 12.8. The molecule has 1 aliphatic carbocycles. The highest BCUT2D eigenvalue weighted by molar-refractivity contribution is 5.95. The Morgan fingerprint density at radius 1 is 1.03 bits per heavy atom. The van der Waals surface area contributed by atoms with Crippen molar-refractivity contribution in [2.45, 2.75) is 59.0 Å². The molecular weight excluding hydrogens is 438 g/mol. The summed E-state index contributed by atoms with van der Waals surface area (Å²) in [5.74, 6) is 1.54. The maximum Gasteiger partial charge on any atom is 0.259 e. The highest BCUT2D eigenvalue weighted by atomic mass is 16.3. The Bertz CT molecular complexity index is 1280. The molecule has 6 nitrogen and oxygen atoms in total. The van der Waals surface area contributed by atoms with Gasteiger partial charge < -0.3 is 13.9 Å². The SMILES string of the molecule is CCc1c(C(=O)N2CCN(C3CCc4ccccc4C3)CC2)c(=O)cc(C)n1Cc1ccc(C)o1. The van der Waals surface area contributed by atoms with E-state index in [0.29, 0.717) is 37.7 Å². The third-order valence-electron chi connectivity index (χ3n) is 7.72. The van der Waals surface area contributed by atoms with Crippen molar-refractivity contribution < 1.29 is 9.21 Å². The van der Waals surface area contributed by atoms with Crippen molar-refractivity contribution in [3.05, 3.63) is 92.3 Å². The van der Waals surface area contributed by atoms with E-state index in [-0.39, 0.29) is 11.3 Å². The number of rotatable bonds is 5. The number of aromatic nitrogens is 1. The standard InChI is InChI=1S/C29H35N3O3/c1-4-26-28(27(33)17-20(2)32(26)19-25-12-9-21(3)35-25)29(34)31-15-13-30(14-16-31)24-11-10-22-7-5-6-8-23(22)18-24/h5-9,12,17,24H,4,10-11,13-16,18-19H2,1-3H3. The second kappa shape index (κ2) is 9.86. The zero-order valence-corrected chi connectivity index (χ0v) is 21.0. The fourth-order valence-electron chi connectivity index (χ4n) is 5.81. The summed E-state index contributed by atoms with van der Waals surface area (Å²) in [7, 11) is 0. The summed E-state index contributed by atoms with van der Waals surface area (Å²) >= 11 is 0. The number of nitrogens with zero attached hydrogens (tertiary/aromatic N) is 3. The average molecular weight is 474 g/mol. The minimum Gasteiger partial charge on any atom is -0.464 e. The Balaban J connectivity index is 1.32. The molecule has 1 aliphatic heterocycles. The van der Waals surface area contributed by atoms with Gasteiger partial charge in [-0.2, -0.15) is 0 Å². The zero-order chi connectivity index (χ0) is 24.5. The Morgan fingerprint density at radius 2 is 1.77 bits per heavy atom. The van der Waals surface area contributed by atoms with Crippen LogP contribution in [0.2, 0.25) is 0 Å². The summed E-state index contributed by atoms with van der Waals surface area (Å²) in [5.41, 5.74) is 4.72. The van der Waals surface area contributed by atoms with Crippen molar-refractivity contribution >= 4 is 5.91 Å². The van der Waals surface area contributed by atoms with Gasteiger partial charge in [-0.05, 0) is 62.8 Å². The smallest absolute Gasteiger partial charge is 0.259 e. The van der Waals surface area contributed by atoms with Crippen LogP contribution in [0.4, 0.5) is 0 Å². The van der Waals surface area contributed by atoms with Gasteiger partial charge in [0.25, 0.3) is 5.91 Å². The van der Waals surface area contributed by atoms with Crippen molar-refractivity contribution in [1.82, 2.24) is 14.4 Å². The van der Waals surface area contributed by atoms with Gasteiger partial charge in [0, 0.05) is 49.7 Å². The maximum absolute atomic E-state index is 13.6. The summed E-state index contributed by atoms with van der Waals surface area (Å²) in [6.07, 6.45) is 3.98. The fraction of sp³-hybridized carbons (Fsp3) is 0.448. The number of benzene rings is 1. The minimum atomic E-state index is -0.178. The quantitative estimate of drug-likeness (QED) is 0.562. The van der Waals surface area contributed by atoms with Crippen LogP contribution >= 0.6 is 0 Å². The summed E-state index contributed by atoms with van der Waals surface area (Å²) in [6.45, 7) is 9.39. The molecule has 35 heavy (non-hydrogen) atoms. The fourth-order valence-corrected chi connectivity index (χ4v) is 5.81. The molecule has 3 heterocycles. The van der Waals surface area contributed by atoms with E-state index in [1.54, 1.807) is 6.07 Å². The maximum atomic E-state index is 13.6. The number of hydrogen-bond acceptors (Lipinski definition) is 4. The van der Waals surface area contributed by atoms with Crippen LogP contribution in [0.1, 0.15) is 57.7 Å². The first-order valence-corrected chi connectivity index (χ1v) is 12.8. The van der Waals surface area contributed by atoms with Gasteiger partial charge in [-0.25, -0.2) is 0 Å². The molecule has 3 aromatic rings. The van der Waals surface area contributed by atoms with Gasteiger partial charge in [-0.15, -0.1) is 0 Å². The lowest BCUT2D eigenvalue weighted by Gasteiger charge is -2.41. The number of pyridine rings is 1. The topological polar surface area (TPSA) is 58.7 Å². The third-order valence-corrected chi connectivity index (χ3v) is 7.72. The van der Waals surface area contributed by atoms with Gasteiger partial charge in [0.1, 0.15) is 17.1 Å². The van der Waals surface area contributed by atoms with Crippen LogP contribution in [0.3, 0.4) is 0 Å². The predicted octanol–water partition coefficient (Wildman–Crippen LogP) is 3.98. The van der Waals surface area contributed by atoms with Gasteiger partial charge in [0.2, 0.25) is 0 Å². The Hall–Kier alpha value is -3.12. The number of fused-ring (bicyclic) bond motifs is 1. The van der Waals surface area contributed by atoms with Crippen LogP contribution in [0.15, 0.2) is 51.7 Å². The molecule has 1 amide bonds. The molecule has 1 saturated heterocycles. The first kappa shape index (κ1) is 23.6. The summed E-state index contributed by atoms with van der Waals surface area (Å²) in [4.78, 5) is 31.1. The minimum absolute atomic E-state index is 0.134. The van der Waals surface area contributed by atoms with Crippen LogP contribution < -0.4 is 5.43 Å². The molecular formula is C29H35N3O3. The summed E-state index contributed by atoms with van der Waals surface area (Å²) in [6, 6.07) is 14.8. The largest absolute Gasteiger partial charge is 0.464 e. The van der Waals surface area contributed by atoms with E-state index in [0.717, 1.165) is 48.8 Å². The van der Waals surface area contributed by atoms with Crippen molar-refractivity contribution in [3.8, 4) is 0 Å². The molecule has 1 unspecified atom stereocenters. The molecule has 1 fully saturated rings. The second-order valence-corrected chi connectivity index (χ2v) is 9.92. The molecule has 0 bridgehead atoms. The van der Waals surface area contributed by atoms with E-state index in [2.05, 4.69) is 33.7 Å². The summed E-state index contributed by atoms with van der Waals surface area (Å²) in [5, 5.41) is 0. The van der Waals surface area contributed by atoms with E-state index in [1.165, 1.54) is 17.5 Å². The molecule has 6 heteroatoms. The molecule has 0 radical (unpaired) electrons. The molecule has 2 aromatic heterocycles. The van der Waals surface area contributed by atoms with E-state index in [1.807, 2.05) is 37.8 Å². The second-order valence-electron chi connectivity index (χ2n) is 9.92. The first-order chi connectivity index (χ1) is 16.9. The Morgan fingerprint density at radius 3 is 2.46 bits per heavy atom. The molecule has 0 spiro atoms. The van der Waals surface area contributed by atoms with Crippen molar-refractivity contribution in [3.63, 3.8) is 0 Å². The molecule has 5 rings (SSSR count). The van der Waals surface area contributed by atoms with Gasteiger partial charge in [-0.3, -0.25) is 14.5 Å². The highest BCUT2D eigenvalue weighted by Gasteiger charge is 2.31. The molecule has 0 saturated carbocycles. The number of hydrogen-bond donors (Lipinski definition) is 0. The number of carbonyl (C=O) groups is 1. The monoisotopic (exact) mass is 473 g/mol. The third kappa shape index (κ3) is 4.72. The Kier molecular flexibility index (Phi) is 6.65. The molecule has 0 N–H and O–H groups in total. The van der Waals surface area contributed by atoms with Crippen LogP contribution in [-0.2, 0) is 25.8 Å². The predicted molar refractivity (Wildman–Crippen MR) is 137 cm³/mol. The lowest BCUT2D eigenvalue weighted by atomic mass is 9.87. The van der Waals surface area contributed by atoms with Crippen molar-refractivity contribution in [1.29, 1.82) is 0 Å². The van der Waals surface area contributed by atoms with Gasteiger partial charge in [-0.1, -0.05) is 31.2 Å². The van der Waals surface area contributed by atoms with Crippen LogP contribution in [0.5, 0.6) is 0 Å². The highest BCUT2D eigenvalue weighted by Crippen LogP contribution is 2.25. The number of furan rings is 1. The van der Waals surface area contributed by atoms with Crippen LogP contribution in [-0.4, -0.2) is 52.5 Å². The lowest BCUT2D eigenvalue weighted by molar-refractivity contribution is 0.0550. The number of amides is 1. The normalized spacial score (nSPS) is 18.5. The summed E-state index contributed by atoms with van der Waals surface area (Å²) < 4.78 is 7.84. The molecule has 184 valence electrons. The molecule has 2 aliphatic rings. The lowest BCUT2D eigenvalue weighted by Crippen LogP contribution is -2.53. The van der Waals surface area contributed by atoms with Gasteiger partial charge in [0.15, 0.2) is 5.43 Å². The van der Waals surface area contributed by atoms with Crippen molar-refractivity contribution in [2.75, 3.05) is 26.2 Å².